The number of carboxylic acids is 2. The molecule has 0 aliphatic heterocycles. The zero-order chi connectivity index (χ0) is 20.1. The van der Waals surface area contributed by atoms with Gasteiger partial charge in [-0.25, -0.2) is 9.59 Å². The number of benzene rings is 1. The van der Waals surface area contributed by atoms with Crippen LogP contribution in [0.4, 0.5) is 5.69 Å². The normalized spacial score (nSPS) is 10.6. The maximum atomic E-state index is 11.4. The van der Waals surface area contributed by atoms with Gasteiger partial charge in [0.25, 0.3) is 0 Å². The largest absolute Gasteiger partial charge is 0.478 e. The van der Waals surface area contributed by atoms with Gasteiger partial charge in [0.1, 0.15) is 0 Å². The Bertz CT molecular complexity index is 615. The second kappa shape index (κ2) is 12.9. The Labute approximate surface area is 161 Å². The van der Waals surface area contributed by atoms with Crippen LogP contribution in [-0.2, 0) is 4.79 Å². The highest BCUT2D eigenvalue weighted by atomic mass is 16.4. The fourth-order valence-electron chi connectivity index (χ4n) is 3.08. The van der Waals surface area contributed by atoms with E-state index in [0.29, 0.717) is 13.0 Å². The molecule has 0 saturated heterocycles. The van der Waals surface area contributed by atoms with Crippen molar-refractivity contribution in [1.82, 2.24) is 0 Å². The van der Waals surface area contributed by atoms with Crippen LogP contribution in [0, 0.1) is 0 Å². The smallest absolute Gasteiger partial charge is 0.337 e. The van der Waals surface area contributed by atoms with Gasteiger partial charge in [0, 0.05) is 6.54 Å². The van der Waals surface area contributed by atoms with E-state index in [1.165, 1.54) is 68.0 Å². The van der Waals surface area contributed by atoms with E-state index < -0.39 is 11.9 Å². The molecule has 0 saturated carbocycles. The zero-order valence-electron chi connectivity index (χ0n) is 16.2. The molecule has 0 fully saturated rings. The van der Waals surface area contributed by atoms with Crippen molar-refractivity contribution in [2.24, 2.45) is 0 Å². The first-order chi connectivity index (χ1) is 13.0. The lowest BCUT2D eigenvalue weighted by Gasteiger charge is -2.20. The second-order valence-electron chi connectivity index (χ2n) is 6.82. The number of carboxylic acid groups (broad SMARTS) is 2. The van der Waals surface area contributed by atoms with Gasteiger partial charge < -0.3 is 15.1 Å². The highest BCUT2D eigenvalue weighted by Crippen LogP contribution is 2.23. The van der Waals surface area contributed by atoms with Gasteiger partial charge in [0.05, 0.1) is 16.8 Å². The van der Waals surface area contributed by atoms with Crippen LogP contribution < -0.4 is 4.90 Å². The van der Waals surface area contributed by atoms with Crippen molar-refractivity contribution in [3.8, 4) is 0 Å². The Morgan fingerprint density at radius 2 is 1.44 bits per heavy atom. The first kappa shape index (κ1) is 22.7. The predicted molar refractivity (Wildman–Crippen MR) is 106 cm³/mol. The Morgan fingerprint density at radius 3 is 1.93 bits per heavy atom. The summed E-state index contributed by atoms with van der Waals surface area (Å²) in [6.07, 6.45) is 12.2. The molecule has 0 heterocycles. The molecule has 0 radical (unpaired) electrons. The quantitative estimate of drug-likeness (QED) is 0.332. The Hall–Kier alpha value is -2.37. The molecule has 0 aromatic heterocycles. The van der Waals surface area contributed by atoms with Crippen molar-refractivity contribution < 1.29 is 24.6 Å². The predicted octanol–water partition coefficient (Wildman–Crippen LogP) is 4.97. The topological polar surface area (TPSA) is 94.9 Å². The van der Waals surface area contributed by atoms with Crippen molar-refractivity contribution in [3.05, 3.63) is 29.3 Å². The van der Waals surface area contributed by atoms with Gasteiger partial charge in [-0.15, -0.1) is 0 Å². The molecule has 2 N–H and O–H groups in total. The average molecular weight is 377 g/mol. The lowest BCUT2D eigenvalue weighted by Crippen LogP contribution is -2.25. The minimum Gasteiger partial charge on any atom is -0.478 e. The fraction of sp³-hybridized carbons (Fsp3) is 0.571. The molecule has 27 heavy (non-hydrogen) atoms. The Morgan fingerprint density at radius 1 is 0.889 bits per heavy atom. The van der Waals surface area contributed by atoms with Crippen LogP contribution in [0.3, 0.4) is 0 Å². The number of carbonyl (C=O) groups is 3. The third-order valence-corrected chi connectivity index (χ3v) is 4.66. The van der Waals surface area contributed by atoms with E-state index in [4.69, 9.17) is 5.11 Å². The van der Waals surface area contributed by atoms with Gasteiger partial charge in [-0.1, -0.05) is 64.7 Å². The summed E-state index contributed by atoms with van der Waals surface area (Å²) >= 11 is 0. The summed E-state index contributed by atoms with van der Waals surface area (Å²) in [6, 6.07) is 3.71. The summed E-state index contributed by atoms with van der Waals surface area (Å²) in [5, 5.41) is 18.4. The van der Waals surface area contributed by atoms with Crippen molar-refractivity contribution in [2.45, 2.75) is 71.1 Å². The van der Waals surface area contributed by atoms with Crippen molar-refractivity contribution in [1.29, 1.82) is 0 Å². The third kappa shape index (κ3) is 8.24. The monoisotopic (exact) mass is 377 g/mol. The summed E-state index contributed by atoms with van der Waals surface area (Å²) in [5.41, 5.74) is 0.0254. The van der Waals surface area contributed by atoms with Crippen molar-refractivity contribution >= 4 is 24.0 Å². The fourth-order valence-corrected chi connectivity index (χ4v) is 3.08. The first-order valence-electron chi connectivity index (χ1n) is 9.83. The molecule has 1 rings (SSSR count). The molecule has 0 spiro atoms. The van der Waals surface area contributed by atoms with Crippen LogP contribution in [0.25, 0.3) is 0 Å². The van der Waals surface area contributed by atoms with Crippen LogP contribution in [0.15, 0.2) is 18.2 Å². The molecule has 150 valence electrons. The Balaban J connectivity index is 2.47. The van der Waals surface area contributed by atoms with E-state index in [0.717, 1.165) is 19.3 Å². The molecule has 6 nitrogen and oxygen atoms in total. The van der Waals surface area contributed by atoms with E-state index in [9.17, 15) is 19.5 Å². The second-order valence-corrected chi connectivity index (χ2v) is 6.82. The summed E-state index contributed by atoms with van der Waals surface area (Å²) < 4.78 is 0. The third-order valence-electron chi connectivity index (χ3n) is 4.66. The summed E-state index contributed by atoms with van der Waals surface area (Å²) in [5.74, 6) is -2.34. The number of rotatable bonds is 15. The minimum atomic E-state index is -1.18. The van der Waals surface area contributed by atoms with E-state index in [2.05, 4.69) is 6.92 Å². The molecule has 0 aliphatic rings. The van der Waals surface area contributed by atoms with Crippen LogP contribution in [-0.4, -0.2) is 35.1 Å². The lowest BCUT2D eigenvalue weighted by atomic mass is 10.1. The van der Waals surface area contributed by atoms with Crippen LogP contribution in [0.1, 0.15) is 91.8 Å². The number of carbonyl (C=O) groups excluding carboxylic acids is 1. The van der Waals surface area contributed by atoms with Crippen molar-refractivity contribution in [3.63, 3.8) is 0 Å². The maximum absolute atomic E-state index is 11.4. The Kier molecular flexibility index (Phi) is 10.8. The molecular weight excluding hydrogens is 346 g/mol. The van der Waals surface area contributed by atoms with Gasteiger partial charge in [-0.2, -0.15) is 0 Å². The number of aromatic carboxylic acids is 2. The standard InChI is InChI=1S/C21H31NO5/c1-2-3-4-5-6-7-8-9-10-11-14-22(16-23)19-15-17(20(24)25)12-13-18(19)21(26)27/h12-13,15-16H,2-11,14H2,1H3,(H,24,25)(H,26,27). The molecular formula is C21H31NO5. The average Bonchev–Trinajstić information content (AvgIpc) is 2.65. The lowest BCUT2D eigenvalue weighted by molar-refractivity contribution is -0.107. The number of hydrogen-bond donors (Lipinski definition) is 2. The zero-order valence-corrected chi connectivity index (χ0v) is 16.2. The molecule has 0 atom stereocenters. The molecule has 6 heteroatoms. The van der Waals surface area contributed by atoms with Crippen LogP contribution >= 0.6 is 0 Å². The number of unbranched alkanes of at least 4 members (excludes halogenated alkanes) is 9. The molecule has 0 aliphatic carbocycles. The van der Waals surface area contributed by atoms with Gasteiger partial charge in [-0.05, 0) is 24.6 Å². The highest BCUT2D eigenvalue weighted by Gasteiger charge is 2.18. The number of nitrogens with zero attached hydrogens (tertiary/aromatic N) is 1. The van der Waals surface area contributed by atoms with Gasteiger partial charge in [0.2, 0.25) is 6.41 Å². The van der Waals surface area contributed by atoms with Crippen LogP contribution in [0.5, 0.6) is 0 Å². The number of hydrogen-bond acceptors (Lipinski definition) is 3. The van der Waals surface area contributed by atoms with E-state index in [-0.39, 0.29) is 16.8 Å². The summed E-state index contributed by atoms with van der Waals surface area (Å²) in [7, 11) is 0. The first-order valence-corrected chi connectivity index (χ1v) is 9.83. The maximum Gasteiger partial charge on any atom is 0.337 e. The highest BCUT2D eigenvalue weighted by molar-refractivity contribution is 6.00. The molecule has 1 aromatic rings. The van der Waals surface area contributed by atoms with Gasteiger partial charge >= 0.3 is 11.9 Å². The minimum absolute atomic E-state index is 0.0371. The van der Waals surface area contributed by atoms with Crippen LogP contribution in [0.2, 0.25) is 0 Å². The van der Waals surface area contributed by atoms with Gasteiger partial charge in [-0.3, -0.25) is 4.79 Å². The molecule has 1 aromatic carbocycles. The number of amides is 1. The van der Waals surface area contributed by atoms with E-state index >= 15 is 0 Å². The van der Waals surface area contributed by atoms with E-state index in [1.807, 2.05) is 0 Å². The summed E-state index contributed by atoms with van der Waals surface area (Å²) in [4.78, 5) is 35.2. The van der Waals surface area contributed by atoms with Crippen molar-refractivity contribution in [2.75, 3.05) is 11.4 Å². The molecule has 0 unspecified atom stereocenters. The SMILES string of the molecule is CCCCCCCCCCCCN(C=O)c1cc(C(=O)O)ccc1C(=O)O. The molecule has 1 amide bonds. The molecule has 0 bridgehead atoms. The van der Waals surface area contributed by atoms with Gasteiger partial charge in [0.15, 0.2) is 0 Å². The summed E-state index contributed by atoms with van der Waals surface area (Å²) in [6.45, 7) is 2.59. The number of anilines is 1. The van der Waals surface area contributed by atoms with E-state index in [1.54, 1.807) is 0 Å².